The minimum absolute atomic E-state index is 0.143. The molecule has 8 heteroatoms. The van der Waals surface area contributed by atoms with Gasteiger partial charge in [-0.15, -0.1) is 11.6 Å². The molecule has 0 aliphatic rings. The average molecular weight is 305 g/mol. The Morgan fingerprint density at radius 3 is 2.16 bits per heavy atom. The molecular weight excluding hydrogens is 292 g/mol. The second kappa shape index (κ2) is 6.03. The summed E-state index contributed by atoms with van der Waals surface area (Å²) in [7, 11) is -3.28. The van der Waals surface area contributed by atoms with E-state index >= 15 is 0 Å². The van der Waals surface area contributed by atoms with E-state index in [1.165, 1.54) is 31.2 Å². The second-order valence-electron chi connectivity index (χ2n) is 3.86. The molecule has 0 saturated heterocycles. The lowest BCUT2D eigenvalue weighted by Crippen LogP contribution is -2.38. The first-order valence-corrected chi connectivity index (χ1v) is 7.59. The summed E-state index contributed by atoms with van der Waals surface area (Å²) >= 11 is 5.49. The Kier molecular flexibility index (Phi) is 4.90. The zero-order valence-corrected chi connectivity index (χ0v) is 11.9. The van der Waals surface area contributed by atoms with E-state index in [1.54, 1.807) is 0 Å². The summed E-state index contributed by atoms with van der Waals surface area (Å²) in [6.45, 7) is 1.44. The molecule has 0 aliphatic heterocycles. The number of urea groups is 1. The van der Waals surface area contributed by atoms with Crippen LogP contribution in [0.5, 0.6) is 0 Å². The largest absolute Gasteiger partial charge is 0.325 e. The third-order valence-corrected chi connectivity index (χ3v) is 3.47. The number of sulfone groups is 1. The first-order chi connectivity index (χ1) is 8.70. The maximum atomic E-state index is 11.4. The fraction of sp³-hybridized carbons (Fsp3) is 0.273. The number of hydrogen-bond acceptors (Lipinski definition) is 4. The van der Waals surface area contributed by atoms with Crippen molar-refractivity contribution in [2.45, 2.75) is 17.2 Å². The van der Waals surface area contributed by atoms with Crippen LogP contribution in [-0.2, 0) is 14.6 Å². The molecule has 6 nitrogen and oxygen atoms in total. The summed E-state index contributed by atoms with van der Waals surface area (Å²) in [5.74, 6) is -0.619. The van der Waals surface area contributed by atoms with E-state index in [0.29, 0.717) is 5.69 Å². The Morgan fingerprint density at radius 2 is 1.74 bits per heavy atom. The van der Waals surface area contributed by atoms with Crippen molar-refractivity contribution < 1.29 is 18.0 Å². The Morgan fingerprint density at radius 1 is 1.21 bits per heavy atom. The van der Waals surface area contributed by atoms with Gasteiger partial charge in [0.2, 0.25) is 5.91 Å². The summed E-state index contributed by atoms with van der Waals surface area (Å²) in [5, 5.41) is 3.59. The number of alkyl halides is 1. The van der Waals surface area contributed by atoms with Crippen LogP contribution < -0.4 is 10.6 Å². The van der Waals surface area contributed by atoms with Gasteiger partial charge in [0.15, 0.2) is 9.84 Å². The number of carbonyl (C=O) groups excluding carboxylic acids is 2. The van der Waals surface area contributed by atoms with Crippen LogP contribution in [0.1, 0.15) is 6.92 Å². The molecule has 19 heavy (non-hydrogen) atoms. The molecule has 1 rings (SSSR count). The van der Waals surface area contributed by atoms with Gasteiger partial charge >= 0.3 is 6.03 Å². The van der Waals surface area contributed by atoms with E-state index in [9.17, 15) is 18.0 Å². The minimum Gasteiger partial charge on any atom is -0.308 e. The molecule has 1 aromatic carbocycles. The first-order valence-electron chi connectivity index (χ1n) is 5.26. The number of benzene rings is 1. The van der Waals surface area contributed by atoms with E-state index in [0.717, 1.165) is 6.26 Å². The molecule has 0 bridgehead atoms. The summed E-state index contributed by atoms with van der Waals surface area (Å²) < 4.78 is 22.5. The van der Waals surface area contributed by atoms with Crippen molar-refractivity contribution in [3.8, 4) is 0 Å². The number of imide groups is 1. The van der Waals surface area contributed by atoms with Gasteiger partial charge in [0.1, 0.15) is 5.38 Å². The standard InChI is InChI=1S/C11H13ClN2O4S/c1-7(12)10(15)14-11(16)13-8-3-5-9(6-4-8)19(2,17)18/h3-7H,1-2H3,(H2,13,14,15,16). The van der Waals surface area contributed by atoms with Gasteiger partial charge in [0, 0.05) is 11.9 Å². The van der Waals surface area contributed by atoms with Gasteiger partial charge in [-0.05, 0) is 31.2 Å². The maximum Gasteiger partial charge on any atom is 0.325 e. The lowest BCUT2D eigenvalue weighted by Gasteiger charge is -2.08. The minimum atomic E-state index is -3.28. The highest BCUT2D eigenvalue weighted by molar-refractivity contribution is 7.90. The van der Waals surface area contributed by atoms with Crippen molar-refractivity contribution in [1.29, 1.82) is 0 Å². The van der Waals surface area contributed by atoms with Gasteiger partial charge in [0.25, 0.3) is 0 Å². The number of amides is 3. The number of hydrogen-bond donors (Lipinski definition) is 2. The van der Waals surface area contributed by atoms with Crippen molar-refractivity contribution >= 4 is 39.1 Å². The SMILES string of the molecule is CC(Cl)C(=O)NC(=O)Nc1ccc(S(C)(=O)=O)cc1. The highest BCUT2D eigenvalue weighted by Gasteiger charge is 2.13. The van der Waals surface area contributed by atoms with Crippen LogP contribution in [-0.4, -0.2) is 32.0 Å². The Labute approximate surface area is 116 Å². The van der Waals surface area contributed by atoms with E-state index < -0.39 is 27.2 Å². The molecule has 0 fully saturated rings. The quantitative estimate of drug-likeness (QED) is 0.825. The first kappa shape index (κ1) is 15.5. The Balaban J connectivity index is 2.69. The highest BCUT2D eigenvalue weighted by Crippen LogP contribution is 2.13. The molecule has 1 atom stereocenters. The van der Waals surface area contributed by atoms with Gasteiger partial charge in [-0.2, -0.15) is 0 Å². The summed E-state index contributed by atoms with van der Waals surface area (Å²) in [6, 6.07) is 4.83. The van der Waals surface area contributed by atoms with Crippen LogP contribution in [0.2, 0.25) is 0 Å². The third kappa shape index (κ3) is 4.88. The van der Waals surface area contributed by atoms with Gasteiger partial charge in [-0.25, -0.2) is 13.2 Å². The van der Waals surface area contributed by atoms with Gasteiger partial charge in [-0.3, -0.25) is 10.1 Å². The van der Waals surface area contributed by atoms with E-state index in [2.05, 4.69) is 5.32 Å². The monoisotopic (exact) mass is 304 g/mol. The zero-order chi connectivity index (χ0) is 14.6. The fourth-order valence-electron chi connectivity index (χ4n) is 1.16. The molecule has 104 valence electrons. The number of carbonyl (C=O) groups is 2. The van der Waals surface area contributed by atoms with Gasteiger partial charge < -0.3 is 5.32 Å². The number of halogens is 1. The van der Waals surface area contributed by atoms with E-state index in [4.69, 9.17) is 11.6 Å². The van der Waals surface area contributed by atoms with Gasteiger partial charge in [-0.1, -0.05) is 0 Å². The topological polar surface area (TPSA) is 92.3 Å². The molecule has 0 heterocycles. The number of rotatable bonds is 3. The predicted molar refractivity (Wildman–Crippen MR) is 72.0 cm³/mol. The molecule has 0 spiro atoms. The van der Waals surface area contributed by atoms with Crippen LogP contribution >= 0.6 is 11.6 Å². The second-order valence-corrected chi connectivity index (χ2v) is 6.53. The summed E-state index contributed by atoms with van der Waals surface area (Å²) in [4.78, 5) is 22.7. The molecule has 0 aliphatic carbocycles. The molecule has 0 aromatic heterocycles. The van der Waals surface area contributed by atoms with Crippen molar-refractivity contribution in [2.75, 3.05) is 11.6 Å². The van der Waals surface area contributed by atoms with Crippen LogP contribution in [0, 0.1) is 0 Å². The fourth-order valence-corrected chi connectivity index (χ4v) is 1.84. The predicted octanol–water partition coefficient (Wildman–Crippen LogP) is 1.37. The van der Waals surface area contributed by atoms with Crippen LogP contribution in [0.15, 0.2) is 29.2 Å². The lowest BCUT2D eigenvalue weighted by molar-refractivity contribution is -0.119. The lowest BCUT2D eigenvalue weighted by atomic mass is 10.3. The highest BCUT2D eigenvalue weighted by atomic mass is 35.5. The maximum absolute atomic E-state index is 11.4. The molecule has 0 radical (unpaired) electrons. The van der Waals surface area contributed by atoms with Crippen molar-refractivity contribution in [3.05, 3.63) is 24.3 Å². The molecule has 3 amide bonds. The Hall–Kier alpha value is -1.60. The Bertz CT molecular complexity index is 581. The van der Waals surface area contributed by atoms with Crippen LogP contribution in [0.4, 0.5) is 10.5 Å². The van der Waals surface area contributed by atoms with Crippen molar-refractivity contribution in [3.63, 3.8) is 0 Å². The summed E-state index contributed by atoms with van der Waals surface area (Å²) in [6.07, 6.45) is 1.09. The molecule has 1 unspecified atom stereocenters. The van der Waals surface area contributed by atoms with Crippen molar-refractivity contribution in [2.24, 2.45) is 0 Å². The average Bonchev–Trinajstić information content (AvgIpc) is 2.28. The zero-order valence-electron chi connectivity index (χ0n) is 10.3. The molecule has 1 aromatic rings. The van der Waals surface area contributed by atoms with E-state index in [-0.39, 0.29) is 4.90 Å². The normalized spacial score (nSPS) is 12.6. The summed E-state index contributed by atoms with van der Waals surface area (Å²) in [5.41, 5.74) is 0.361. The van der Waals surface area contributed by atoms with Crippen LogP contribution in [0.3, 0.4) is 0 Å². The van der Waals surface area contributed by atoms with E-state index in [1.807, 2.05) is 5.32 Å². The number of anilines is 1. The third-order valence-electron chi connectivity index (χ3n) is 2.14. The molecule has 2 N–H and O–H groups in total. The smallest absolute Gasteiger partial charge is 0.308 e. The number of nitrogens with one attached hydrogen (secondary N) is 2. The molecule has 0 saturated carbocycles. The van der Waals surface area contributed by atoms with Gasteiger partial charge in [0.05, 0.1) is 4.90 Å². The van der Waals surface area contributed by atoms with Crippen LogP contribution in [0.25, 0.3) is 0 Å². The molecular formula is C11H13ClN2O4S. The van der Waals surface area contributed by atoms with Crippen molar-refractivity contribution in [1.82, 2.24) is 5.32 Å².